The van der Waals surface area contributed by atoms with Gasteiger partial charge in [0.05, 0.1) is 12.7 Å². The lowest BCUT2D eigenvalue weighted by molar-refractivity contribution is -0.133. The van der Waals surface area contributed by atoms with E-state index in [2.05, 4.69) is 12.2 Å². The zero-order chi connectivity index (χ0) is 12.1. The molecule has 4 heteroatoms. The number of hydrogen-bond acceptors (Lipinski definition) is 3. The van der Waals surface area contributed by atoms with Gasteiger partial charge in [0, 0.05) is 32.6 Å². The summed E-state index contributed by atoms with van der Waals surface area (Å²) < 4.78 is 5.67. The van der Waals surface area contributed by atoms with Crippen LogP contribution in [0.2, 0.25) is 0 Å². The number of hydrogen-bond donors (Lipinski definition) is 1. The Balaban J connectivity index is 1.83. The van der Waals surface area contributed by atoms with E-state index < -0.39 is 0 Å². The van der Waals surface area contributed by atoms with Gasteiger partial charge in [0.2, 0.25) is 5.91 Å². The molecule has 0 saturated carbocycles. The Labute approximate surface area is 104 Å². The third kappa shape index (κ3) is 3.68. The summed E-state index contributed by atoms with van der Waals surface area (Å²) in [6.45, 7) is 6.48. The van der Waals surface area contributed by atoms with Crippen molar-refractivity contribution >= 4 is 5.91 Å². The quantitative estimate of drug-likeness (QED) is 0.800. The van der Waals surface area contributed by atoms with E-state index in [-0.39, 0.29) is 6.10 Å². The van der Waals surface area contributed by atoms with Crippen molar-refractivity contribution in [2.24, 2.45) is 5.92 Å². The fourth-order valence-corrected chi connectivity index (χ4v) is 2.68. The SMILES string of the molecule is CCC1CCC(=O)N(CC2CNCCO2)CC1. The van der Waals surface area contributed by atoms with E-state index in [0.29, 0.717) is 5.91 Å². The molecule has 2 rings (SSSR count). The Bertz CT molecular complexity index is 252. The van der Waals surface area contributed by atoms with Gasteiger partial charge < -0.3 is 15.0 Å². The smallest absolute Gasteiger partial charge is 0.222 e. The summed E-state index contributed by atoms with van der Waals surface area (Å²) in [4.78, 5) is 14.0. The van der Waals surface area contributed by atoms with E-state index >= 15 is 0 Å². The average Bonchev–Trinajstić information content (AvgIpc) is 2.54. The normalized spacial score (nSPS) is 31.4. The lowest BCUT2D eigenvalue weighted by Gasteiger charge is -2.29. The number of ether oxygens (including phenoxy) is 1. The molecule has 2 heterocycles. The molecule has 2 fully saturated rings. The molecule has 0 bridgehead atoms. The van der Waals surface area contributed by atoms with Crippen LogP contribution in [0.1, 0.15) is 32.6 Å². The number of morpholine rings is 1. The molecule has 0 aromatic rings. The molecule has 17 heavy (non-hydrogen) atoms. The monoisotopic (exact) mass is 240 g/mol. The first-order chi connectivity index (χ1) is 8.29. The van der Waals surface area contributed by atoms with Gasteiger partial charge in [0.1, 0.15) is 0 Å². The minimum atomic E-state index is 0.186. The molecule has 2 saturated heterocycles. The molecule has 0 aromatic heterocycles. The molecular weight excluding hydrogens is 216 g/mol. The number of amides is 1. The Morgan fingerprint density at radius 1 is 1.47 bits per heavy atom. The van der Waals surface area contributed by atoms with E-state index in [1.54, 1.807) is 0 Å². The Hall–Kier alpha value is -0.610. The molecule has 0 radical (unpaired) electrons. The molecule has 0 spiro atoms. The molecular formula is C13H24N2O2. The van der Waals surface area contributed by atoms with E-state index in [1.807, 2.05) is 4.90 Å². The van der Waals surface area contributed by atoms with Crippen LogP contribution in [-0.4, -0.2) is 49.7 Å². The summed E-state index contributed by atoms with van der Waals surface area (Å²) in [5.74, 6) is 1.05. The van der Waals surface area contributed by atoms with Crippen molar-refractivity contribution in [2.45, 2.75) is 38.7 Å². The second-order valence-electron chi connectivity index (χ2n) is 5.14. The average molecular weight is 240 g/mol. The van der Waals surface area contributed by atoms with E-state index in [4.69, 9.17) is 4.74 Å². The van der Waals surface area contributed by atoms with Gasteiger partial charge in [-0.1, -0.05) is 13.3 Å². The second-order valence-corrected chi connectivity index (χ2v) is 5.14. The third-order valence-corrected chi connectivity index (χ3v) is 3.93. The van der Waals surface area contributed by atoms with Crippen LogP contribution in [0.3, 0.4) is 0 Å². The largest absolute Gasteiger partial charge is 0.374 e. The van der Waals surface area contributed by atoms with E-state index in [9.17, 15) is 4.79 Å². The van der Waals surface area contributed by atoms with Crippen molar-refractivity contribution in [2.75, 3.05) is 32.8 Å². The highest BCUT2D eigenvalue weighted by Crippen LogP contribution is 2.21. The predicted molar refractivity (Wildman–Crippen MR) is 66.8 cm³/mol. The number of nitrogens with one attached hydrogen (secondary N) is 1. The Morgan fingerprint density at radius 2 is 2.35 bits per heavy atom. The summed E-state index contributed by atoms with van der Waals surface area (Å²) >= 11 is 0. The first-order valence-electron chi connectivity index (χ1n) is 6.89. The van der Waals surface area contributed by atoms with Gasteiger partial charge in [-0.3, -0.25) is 4.79 Å². The van der Waals surface area contributed by atoms with E-state index in [1.165, 1.54) is 6.42 Å². The predicted octanol–water partition coefficient (Wildman–Crippen LogP) is 1.01. The Morgan fingerprint density at radius 3 is 3.06 bits per heavy atom. The lowest BCUT2D eigenvalue weighted by atomic mass is 9.98. The van der Waals surface area contributed by atoms with Crippen LogP contribution in [-0.2, 0) is 9.53 Å². The minimum absolute atomic E-state index is 0.186. The van der Waals surface area contributed by atoms with Gasteiger partial charge in [0.15, 0.2) is 0 Å². The molecule has 0 aliphatic carbocycles. The van der Waals surface area contributed by atoms with Gasteiger partial charge in [-0.05, 0) is 18.8 Å². The van der Waals surface area contributed by atoms with Gasteiger partial charge in [0.25, 0.3) is 0 Å². The molecule has 4 nitrogen and oxygen atoms in total. The van der Waals surface area contributed by atoms with E-state index in [0.717, 1.165) is 58.0 Å². The fourth-order valence-electron chi connectivity index (χ4n) is 2.68. The highest BCUT2D eigenvalue weighted by atomic mass is 16.5. The van der Waals surface area contributed by atoms with Crippen LogP contribution in [0, 0.1) is 5.92 Å². The summed E-state index contributed by atoms with van der Waals surface area (Å²) in [5.41, 5.74) is 0. The van der Waals surface area contributed by atoms with Crippen LogP contribution in [0.15, 0.2) is 0 Å². The van der Waals surface area contributed by atoms with Crippen LogP contribution >= 0.6 is 0 Å². The van der Waals surface area contributed by atoms with Crippen LogP contribution < -0.4 is 5.32 Å². The van der Waals surface area contributed by atoms with Crippen molar-refractivity contribution in [1.29, 1.82) is 0 Å². The van der Waals surface area contributed by atoms with Gasteiger partial charge in [-0.25, -0.2) is 0 Å². The first kappa shape index (κ1) is 12.8. The molecule has 98 valence electrons. The summed E-state index contributed by atoms with van der Waals surface area (Å²) in [6, 6.07) is 0. The molecule has 0 aromatic carbocycles. The van der Waals surface area contributed by atoms with Crippen molar-refractivity contribution in [3.63, 3.8) is 0 Å². The molecule has 2 unspecified atom stereocenters. The van der Waals surface area contributed by atoms with Gasteiger partial charge in [-0.2, -0.15) is 0 Å². The number of nitrogens with zero attached hydrogens (tertiary/aromatic N) is 1. The summed E-state index contributed by atoms with van der Waals surface area (Å²) in [5, 5.41) is 3.31. The second kappa shape index (κ2) is 6.36. The van der Waals surface area contributed by atoms with Crippen LogP contribution in [0.25, 0.3) is 0 Å². The van der Waals surface area contributed by atoms with Crippen molar-refractivity contribution in [3.8, 4) is 0 Å². The third-order valence-electron chi connectivity index (χ3n) is 3.93. The highest BCUT2D eigenvalue weighted by Gasteiger charge is 2.25. The lowest BCUT2D eigenvalue weighted by Crippen LogP contribution is -2.46. The summed E-state index contributed by atoms with van der Waals surface area (Å²) in [6.07, 6.45) is 4.32. The zero-order valence-corrected chi connectivity index (χ0v) is 10.8. The molecule has 2 atom stereocenters. The van der Waals surface area contributed by atoms with Crippen molar-refractivity contribution in [1.82, 2.24) is 10.2 Å². The molecule has 2 aliphatic rings. The number of carbonyl (C=O) groups is 1. The standard InChI is InChI=1S/C13H24N2O2/c1-2-11-3-4-13(16)15(7-5-11)10-12-9-14-6-8-17-12/h11-12,14H,2-10H2,1H3. The maximum atomic E-state index is 12.0. The highest BCUT2D eigenvalue weighted by molar-refractivity contribution is 5.76. The van der Waals surface area contributed by atoms with Gasteiger partial charge in [-0.15, -0.1) is 0 Å². The van der Waals surface area contributed by atoms with Crippen molar-refractivity contribution < 1.29 is 9.53 Å². The van der Waals surface area contributed by atoms with Crippen molar-refractivity contribution in [3.05, 3.63) is 0 Å². The van der Waals surface area contributed by atoms with Gasteiger partial charge >= 0.3 is 0 Å². The topological polar surface area (TPSA) is 41.6 Å². The maximum absolute atomic E-state index is 12.0. The molecule has 1 amide bonds. The molecule has 1 N–H and O–H groups in total. The first-order valence-corrected chi connectivity index (χ1v) is 6.89. The maximum Gasteiger partial charge on any atom is 0.222 e. The van der Waals surface area contributed by atoms with Crippen LogP contribution in [0.5, 0.6) is 0 Å². The zero-order valence-electron chi connectivity index (χ0n) is 10.8. The Kier molecular flexibility index (Phi) is 4.80. The minimum Gasteiger partial charge on any atom is -0.374 e. The molecule has 2 aliphatic heterocycles. The number of carbonyl (C=O) groups excluding carboxylic acids is 1. The van der Waals surface area contributed by atoms with Crippen LogP contribution in [0.4, 0.5) is 0 Å². The fraction of sp³-hybridized carbons (Fsp3) is 0.923. The number of likely N-dealkylation sites (tertiary alicyclic amines) is 1. The number of rotatable bonds is 3. The summed E-state index contributed by atoms with van der Waals surface area (Å²) in [7, 11) is 0.